The van der Waals surface area contributed by atoms with Gasteiger partial charge in [-0.2, -0.15) is 0 Å². The van der Waals surface area contributed by atoms with Crippen LogP contribution in [0.15, 0.2) is 29.0 Å². The van der Waals surface area contributed by atoms with Gasteiger partial charge in [0.25, 0.3) is 10.0 Å². The fourth-order valence-corrected chi connectivity index (χ4v) is 4.29. The zero-order chi connectivity index (χ0) is 13.6. The topological polar surface area (TPSA) is 49.4 Å². The van der Waals surface area contributed by atoms with Crippen LogP contribution in [0.3, 0.4) is 0 Å². The Morgan fingerprint density at radius 1 is 1.50 bits per heavy atom. The summed E-state index contributed by atoms with van der Waals surface area (Å²) in [5, 5.41) is 3.01. The van der Waals surface area contributed by atoms with E-state index in [1.165, 1.54) is 15.6 Å². The van der Waals surface area contributed by atoms with Crippen molar-refractivity contribution in [1.29, 1.82) is 0 Å². The monoisotopic (exact) mass is 288 g/mol. The molecule has 0 unspecified atom stereocenters. The first-order chi connectivity index (χ1) is 8.52. The Morgan fingerprint density at radius 2 is 2.22 bits per heavy atom. The molecule has 1 N–H and O–H groups in total. The molecule has 0 amide bonds. The number of hydrogen-bond donors (Lipinski definition) is 1. The second-order valence-electron chi connectivity index (χ2n) is 4.01. The van der Waals surface area contributed by atoms with Crippen molar-refractivity contribution in [1.82, 2.24) is 9.62 Å². The summed E-state index contributed by atoms with van der Waals surface area (Å²) in [4.78, 5) is 1.02. The van der Waals surface area contributed by atoms with E-state index in [1.807, 2.05) is 13.1 Å². The lowest BCUT2D eigenvalue weighted by molar-refractivity contribution is 0.464. The first-order valence-corrected chi connectivity index (χ1v) is 8.08. The Labute approximate surface area is 113 Å². The molecule has 1 aromatic heterocycles. The lowest BCUT2D eigenvalue weighted by Crippen LogP contribution is -2.27. The summed E-state index contributed by atoms with van der Waals surface area (Å²) in [5.41, 5.74) is 0. The van der Waals surface area contributed by atoms with E-state index in [1.54, 1.807) is 19.2 Å². The van der Waals surface area contributed by atoms with Crippen LogP contribution in [0.2, 0.25) is 0 Å². The number of allylic oxidation sites excluding steroid dienone is 1. The fourth-order valence-electron chi connectivity index (χ4n) is 1.50. The van der Waals surface area contributed by atoms with Crippen LogP contribution in [0, 0.1) is 0 Å². The second-order valence-corrected chi connectivity index (χ2v) is 7.45. The molecule has 18 heavy (non-hydrogen) atoms. The van der Waals surface area contributed by atoms with Gasteiger partial charge in [0.2, 0.25) is 0 Å². The summed E-state index contributed by atoms with van der Waals surface area (Å²) in [6.45, 7) is 4.85. The molecular weight excluding hydrogens is 268 g/mol. The molecule has 102 valence electrons. The number of sulfonamides is 1. The highest BCUT2D eigenvalue weighted by atomic mass is 32.2. The van der Waals surface area contributed by atoms with Gasteiger partial charge in [0.15, 0.2) is 0 Å². The number of thiophene rings is 1. The molecule has 1 rings (SSSR count). The van der Waals surface area contributed by atoms with E-state index in [4.69, 9.17) is 0 Å². The van der Waals surface area contributed by atoms with Crippen LogP contribution in [-0.4, -0.2) is 33.4 Å². The number of nitrogens with zero attached hydrogens (tertiary/aromatic N) is 1. The van der Waals surface area contributed by atoms with Crippen LogP contribution >= 0.6 is 11.3 Å². The highest BCUT2D eigenvalue weighted by Gasteiger charge is 2.22. The maximum absolute atomic E-state index is 12.2. The van der Waals surface area contributed by atoms with Gasteiger partial charge in [-0.15, -0.1) is 17.9 Å². The predicted octanol–water partition coefficient (Wildman–Crippen LogP) is 2.05. The third-order valence-corrected chi connectivity index (χ3v) is 5.94. The third kappa shape index (κ3) is 3.91. The Balaban J connectivity index is 2.74. The van der Waals surface area contributed by atoms with Gasteiger partial charge >= 0.3 is 0 Å². The largest absolute Gasteiger partial charge is 0.315 e. The highest BCUT2D eigenvalue weighted by Crippen LogP contribution is 2.24. The van der Waals surface area contributed by atoms with Crippen molar-refractivity contribution in [2.75, 3.05) is 20.6 Å². The van der Waals surface area contributed by atoms with Gasteiger partial charge in [-0.25, -0.2) is 12.7 Å². The molecule has 0 aliphatic rings. The molecule has 4 nitrogen and oxygen atoms in total. The first-order valence-electron chi connectivity index (χ1n) is 5.83. The summed E-state index contributed by atoms with van der Waals surface area (Å²) in [5.74, 6) is 0. The molecule has 0 aliphatic heterocycles. The van der Waals surface area contributed by atoms with Crippen LogP contribution < -0.4 is 5.32 Å². The number of unbranched alkanes of at least 4 members (excludes halogenated alkanes) is 1. The van der Waals surface area contributed by atoms with E-state index < -0.39 is 10.0 Å². The van der Waals surface area contributed by atoms with Crippen LogP contribution in [0.4, 0.5) is 0 Å². The number of hydrogen-bond acceptors (Lipinski definition) is 4. The number of rotatable bonds is 8. The maximum Gasteiger partial charge on any atom is 0.252 e. The minimum absolute atomic E-state index is 0.411. The lowest BCUT2D eigenvalue weighted by Gasteiger charge is -2.15. The van der Waals surface area contributed by atoms with Crippen molar-refractivity contribution >= 4 is 21.4 Å². The average molecular weight is 288 g/mol. The Hall–Kier alpha value is -0.690. The molecule has 0 spiro atoms. The van der Waals surface area contributed by atoms with E-state index in [0.717, 1.165) is 17.7 Å². The Morgan fingerprint density at radius 3 is 2.83 bits per heavy atom. The quantitative estimate of drug-likeness (QED) is 0.588. The third-order valence-electron chi connectivity index (χ3n) is 2.53. The molecule has 1 heterocycles. The fraction of sp³-hybridized carbons (Fsp3) is 0.500. The minimum atomic E-state index is -3.33. The summed E-state index contributed by atoms with van der Waals surface area (Å²) >= 11 is 1.32. The van der Waals surface area contributed by atoms with Gasteiger partial charge in [-0.1, -0.05) is 6.08 Å². The van der Waals surface area contributed by atoms with Gasteiger partial charge in [-0.3, -0.25) is 0 Å². The van der Waals surface area contributed by atoms with Crippen LogP contribution in [0.1, 0.15) is 17.7 Å². The predicted molar refractivity (Wildman–Crippen MR) is 76.3 cm³/mol. The summed E-state index contributed by atoms with van der Waals surface area (Å²) in [6.07, 6.45) is 3.43. The van der Waals surface area contributed by atoms with E-state index in [0.29, 0.717) is 17.3 Å². The SMILES string of the molecule is C=CCCCN(C)S(=O)(=O)c1ccc(CNC)s1. The van der Waals surface area contributed by atoms with Crippen LogP contribution in [-0.2, 0) is 16.6 Å². The zero-order valence-electron chi connectivity index (χ0n) is 10.8. The van der Waals surface area contributed by atoms with E-state index in [2.05, 4.69) is 11.9 Å². The minimum Gasteiger partial charge on any atom is -0.315 e. The molecule has 0 bridgehead atoms. The van der Waals surface area contributed by atoms with E-state index in [9.17, 15) is 8.42 Å². The van der Waals surface area contributed by atoms with Gasteiger partial charge in [0.05, 0.1) is 0 Å². The number of nitrogens with one attached hydrogen (secondary N) is 1. The molecule has 6 heteroatoms. The summed E-state index contributed by atoms with van der Waals surface area (Å²) in [7, 11) is 0.136. The molecular formula is C12H20N2O2S2. The molecule has 0 aromatic carbocycles. The maximum atomic E-state index is 12.2. The van der Waals surface area contributed by atoms with Gasteiger partial charge in [0, 0.05) is 25.0 Å². The smallest absolute Gasteiger partial charge is 0.252 e. The lowest BCUT2D eigenvalue weighted by atomic mass is 10.3. The molecule has 1 aromatic rings. The van der Waals surface area contributed by atoms with Crippen molar-refractivity contribution in [2.24, 2.45) is 0 Å². The zero-order valence-corrected chi connectivity index (χ0v) is 12.5. The van der Waals surface area contributed by atoms with Crippen LogP contribution in [0.5, 0.6) is 0 Å². The Bertz CT molecular complexity index is 480. The highest BCUT2D eigenvalue weighted by molar-refractivity contribution is 7.91. The molecule has 0 aliphatic carbocycles. The van der Waals surface area contributed by atoms with Gasteiger partial charge in [0.1, 0.15) is 4.21 Å². The standard InChI is InChI=1S/C12H20N2O2S2/c1-4-5-6-9-14(3)18(15,16)12-8-7-11(17-12)10-13-2/h4,7-8,13H,1,5-6,9-10H2,2-3H3. The Kier molecular flexibility index (Phi) is 6.01. The normalized spacial score (nSPS) is 11.9. The van der Waals surface area contributed by atoms with E-state index in [-0.39, 0.29) is 0 Å². The molecule has 0 saturated heterocycles. The van der Waals surface area contributed by atoms with E-state index >= 15 is 0 Å². The molecule has 0 atom stereocenters. The van der Waals surface area contributed by atoms with Crippen molar-refractivity contribution in [3.63, 3.8) is 0 Å². The second kappa shape index (κ2) is 7.04. The van der Waals surface area contributed by atoms with Crippen molar-refractivity contribution in [3.8, 4) is 0 Å². The summed E-state index contributed by atoms with van der Waals surface area (Å²) < 4.78 is 26.3. The first kappa shape index (κ1) is 15.4. The molecule has 0 radical (unpaired) electrons. The van der Waals surface area contributed by atoms with Crippen LogP contribution in [0.25, 0.3) is 0 Å². The van der Waals surface area contributed by atoms with Crippen molar-refractivity contribution in [3.05, 3.63) is 29.7 Å². The van der Waals surface area contributed by atoms with Crippen molar-refractivity contribution in [2.45, 2.75) is 23.6 Å². The molecule has 0 fully saturated rings. The van der Waals surface area contributed by atoms with Crippen molar-refractivity contribution < 1.29 is 8.42 Å². The summed E-state index contributed by atoms with van der Waals surface area (Å²) in [6, 6.07) is 3.53. The van der Waals surface area contributed by atoms with Gasteiger partial charge in [-0.05, 0) is 32.0 Å². The molecule has 0 saturated carbocycles. The van der Waals surface area contributed by atoms with Gasteiger partial charge < -0.3 is 5.32 Å². The average Bonchev–Trinajstić information content (AvgIpc) is 2.79.